The SMILES string of the molecule is CCCCC(=O)Nc1cccc(SC(CC)C(=O)Nc2cccc(C(F)(F)F)c2)c1. The van der Waals surface area contributed by atoms with Crippen LogP contribution in [0.15, 0.2) is 53.4 Å². The first-order chi connectivity index (χ1) is 14.2. The predicted octanol–water partition coefficient (Wildman–Crippen LogP) is 6.34. The third-order valence-electron chi connectivity index (χ3n) is 4.27. The smallest absolute Gasteiger partial charge is 0.326 e. The Balaban J connectivity index is 2.04. The van der Waals surface area contributed by atoms with E-state index < -0.39 is 17.0 Å². The minimum absolute atomic E-state index is 0.0617. The molecule has 0 bridgehead atoms. The molecule has 0 radical (unpaired) electrons. The van der Waals surface area contributed by atoms with Crippen LogP contribution in [0.4, 0.5) is 24.5 Å². The van der Waals surface area contributed by atoms with Gasteiger partial charge in [-0.2, -0.15) is 13.2 Å². The lowest BCUT2D eigenvalue weighted by Crippen LogP contribution is -2.24. The van der Waals surface area contributed by atoms with E-state index in [1.54, 1.807) is 18.2 Å². The Morgan fingerprint density at radius 2 is 1.67 bits per heavy atom. The van der Waals surface area contributed by atoms with Crippen LogP contribution >= 0.6 is 11.8 Å². The van der Waals surface area contributed by atoms with Gasteiger partial charge in [0.05, 0.1) is 10.8 Å². The van der Waals surface area contributed by atoms with E-state index in [9.17, 15) is 22.8 Å². The van der Waals surface area contributed by atoms with Crippen molar-refractivity contribution in [3.63, 3.8) is 0 Å². The number of alkyl halides is 3. The molecule has 2 aromatic rings. The molecule has 4 nitrogen and oxygen atoms in total. The second-order valence-corrected chi connectivity index (χ2v) is 8.04. The first-order valence-corrected chi connectivity index (χ1v) is 10.7. The van der Waals surface area contributed by atoms with Crippen molar-refractivity contribution in [1.29, 1.82) is 0 Å². The van der Waals surface area contributed by atoms with Gasteiger partial charge in [-0.25, -0.2) is 0 Å². The Labute approximate surface area is 178 Å². The molecule has 1 atom stereocenters. The number of benzene rings is 2. The van der Waals surface area contributed by atoms with Crippen LogP contribution in [0.1, 0.15) is 45.1 Å². The molecule has 2 aromatic carbocycles. The Kier molecular flexibility index (Phi) is 8.77. The molecule has 0 fully saturated rings. The molecule has 0 heterocycles. The number of carbonyl (C=O) groups excluding carboxylic acids is 2. The summed E-state index contributed by atoms with van der Waals surface area (Å²) < 4.78 is 38.6. The van der Waals surface area contributed by atoms with Gasteiger partial charge in [0.2, 0.25) is 11.8 Å². The molecule has 1 unspecified atom stereocenters. The minimum Gasteiger partial charge on any atom is -0.326 e. The van der Waals surface area contributed by atoms with Crippen LogP contribution in [0.3, 0.4) is 0 Å². The molecule has 30 heavy (non-hydrogen) atoms. The molecule has 0 spiro atoms. The second kappa shape index (κ2) is 11.1. The second-order valence-electron chi connectivity index (χ2n) is 6.76. The van der Waals surface area contributed by atoms with E-state index in [4.69, 9.17) is 0 Å². The van der Waals surface area contributed by atoms with Crippen molar-refractivity contribution in [3.8, 4) is 0 Å². The van der Waals surface area contributed by atoms with E-state index in [2.05, 4.69) is 10.6 Å². The van der Waals surface area contributed by atoms with Gasteiger partial charge < -0.3 is 10.6 Å². The lowest BCUT2D eigenvalue weighted by Gasteiger charge is -2.16. The predicted molar refractivity (Wildman–Crippen MR) is 115 cm³/mol. The Hall–Kier alpha value is -2.48. The van der Waals surface area contributed by atoms with Crippen LogP contribution in [0.5, 0.6) is 0 Å². The zero-order valence-electron chi connectivity index (χ0n) is 16.9. The molecule has 162 valence electrons. The molecule has 0 aromatic heterocycles. The Morgan fingerprint density at radius 3 is 2.30 bits per heavy atom. The molecule has 2 N–H and O–H groups in total. The summed E-state index contributed by atoms with van der Waals surface area (Å²) in [4.78, 5) is 25.3. The summed E-state index contributed by atoms with van der Waals surface area (Å²) in [5.41, 5.74) is -0.0624. The van der Waals surface area contributed by atoms with Gasteiger partial charge in [0.1, 0.15) is 0 Å². The fraction of sp³-hybridized carbons (Fsp3) is 0.364. The fourth-order valence-corrected chi connectivity index (χ4v) is 3.70. The zero-order chi connectivity index (χ0) is 22.1. The normalized spacial score (nSPS) is 12.3. The summed E-state index contributed by atoms with van der Waals surface area (Å²) in [5, 5.41) is 4.91. The topological polar surface area (TPSA) is 58.2 Å². The van der Waals surface area contributed by atoms with Crippen LogP contribution < -0.4 is 10.6 Å². The number of rotatable bonds is 9. The number of anilines is 2. The number of thioether (sulfide) groups is 1. The summed E-state index contributed by atoms with van der Waals surface area (Å²) in [5.74, 6) is -0.437. The molecule has 0 saturated heterocycles. The van der Waals surface area contributed by atoms with Gasteiger partial charge in [-0.3, -0.25) is 9.59 Å². The monoisotopic (exact) mass is 438 g/mol. The molecule has 2 amide bonds. The van der Waals surface area contributed by atoms with E-state index in [1.165, 1.54) is 23.9 Å². The maximum Gasteiger partial charge on any atom is 0.416 e. The molecule has 0 aliphatic heterocycles. The first-order valence-electron chi connectivity index (χ1n) is 9.77. The van der Waals surface area contributed by atoms with Crippen LogP contribution in [-0.4, -0.2) is 17.1 Å². The van der Waals surface area contributed by atoms with Crippen molar-refractivity contribution in [3.05, 3.63) is 54.1 Å². The van der Waals surface area contributed by atoms with E-state index in [0.29, 0.717) is 18.5 Å². The number of hydrogen-bond donors (Lipinski definition) is 2. The number of halogens is 3. The molecule has 0 saturated carbocycles. The number of carbonyl (C=O) groups is 2. The van der Waals surface area contributed by atoms with Crippen LogP contribution in [0.2, 0.25) is 0 Å². The fourth-order valence-electron chi connectivity index (χ4n) is 2.69. The van der Waals surface area contributed by atoms with Crippen molar-refractivity contribution in [2.75, 3.05) is 10.6 Å². The molecule has 0 aliphatic carbocycles. The standard InChI is InChI=1S/C22H25F3N2O2S/c1-3-5-12-20(28)26-17-10-7-11-18(14-17)30-19(4-2)21(29)27-16-9-6-8-15(13-16)22(23,24)25/h6-11,13-14,19H,3-5,12H2,1-2H3,(H,26,28)(H,27,29). The number of nitrogens with one attached hydrogen (secondary N) is 2. The van der Waals surface area contributed by atoms with Crippen LogP contribution in [0, 0.1) is 0 Å². The lowest BCUT2D eigenvalue weighted by molar-refractivity contribution is -0.137. The van der Waals surface area contributed by atoms with E-state index in [-0.39, 0.29) is 17.5 Å². The number of hydrogen-bond acceptors (Lipinski definition) is 3. The highest BCUT2D eigenvalue weighted by Crippen LogP contribution is 2.32. The summed E-state index contributed by atoms with van der Waals surface area (Å²) in [6.45, 7) is 3.85. The van der Waals surface area contributed by atoms with Gasteiger partial charge in [0.25, 0.3) is 0 Å². The number of unbranched alkanes of at least 4 members (excludes halogenated alkanes) is 1. The van der Waals surface area contributed by atoms with Crippen molar-refractivity contribution >= 4 is 35.0 Å². The average molecular weight is 439 g/mol. The van der Waals surface area contributed by atoms with E-state index in [0.717, 1.165) is 29.9 Å². The van der Waals surface area contributed by atoms with Gasteiger partial charge in [-0.15, -0.1) is 11.8 Å². The highest BCUT2D eigenvalue weighted by atomic mass is 32.2. The maximum atomic E-state index is 12.9. The summed E-state index contributed by atoms with van der Waals surface area (Å²) >= 11 is 1.30. The summed E-state index contributed by atoms with van der Waals surface area (Å²) in [6, 6.07) is 11.7. The van der Waals surface area contributed by atoms with Crippen molar-refractivity contribution in [1.82, 2.24) is 0 Å². The van der Waals surface area contributed by atoms with Crippen LogP contribution in [0.25, 0.3) is 0 Å². The molecular formula is C22H25F3N2O2S. The molecule has 2 rings (SSSR count). The van der Waals surface area contributed by atoms with Gasteiger partial charge in [-0.1, -0.05) is 32.4 Å². The van der Waals surface area contributed by atoms with Crippen molar-refractivity contribution in [2.24, 2.45) is 0 Å². The Morgan fingerprint density at radius 1 is 1.00 bits per heavy atom. The highest BCUT2D eigenvalue weighted by Gasteiger charge is 2.30. The largest absolute Gasteiger partial charge is 0.416 e. The summed E-state index contributed by atoms with van der Waals surface area (Å²) in [7, 11) is 0. The van der Waals surface area contributed by atoms with Crippen LogP contribution in [-0.2, 0) is 15.8 Å². The molecular weight excluding hydrogens is 413 g/mol. The third-order valence-corrected chi connectivity index (χ3v) is 5.63. The van der Waals surface area contributed by atoms with E-state index >= 15 is 0 Å². The zero-order valence-corrected chi connectivity index (χ0v) is 17.7. The van der Waals surface area contributed by atoms with Crippen molar-refractivity contribution < 1.29 is 22.8 Å². The Bertz CT molecular complexity index is 871. The maximum absolute atomic E-state index is 12.9. The molecule has 8 heteroatoms. The van der Waals surface area contributed by atoms with E-state index in [1.807, 2.05) is 19.9 Å². The third kappa shape index (κ3) is 7.40. The summed E-state index contributed by atoms with van der Waals surface area (Å²) in [6.07, 6.45) is -1.79. The quantitative estimate of drug-likeness (QED) is 0.449. The lowest BCUT2D eigenvalue weighted by atomic mass is 10.2. The van der Waals surface area contributed by atoms with Gasteiger partial charge in [0, 0.05) is 22.7 Å². The minimum atomic E-state index is -4.47. The van der Waals surface area contributed by atoms with Gasteiger partial charge in [0.15, 0.2) is 0 Å². The first kappa shape index (κ1) is 23.8. The number of amides is 2. The average Bonchev–Trinajstić information content (AvgIpc) is 2.70. The highest BCUT2D eigenvalue weighted by molar-refractivity contribution is 8.00. The van der Waals surface area contributed by atoms with Crippen molar-refractivity contribution in [2.45, 2.75) is 55.9 Å². The van der Waals surface area contributed by atoms with Gasteiger partial charge in [-0.05, 0) is 49.2 Å². The molecule has 0 aliphatic rings. The van der Waals surface area contributed by atoms with Gasteiger partial charge >= 0.3 is 6.18 Å².